The second kappa shape index (κ2) is 8.31. The summed E-state index contributed by atoms with van der Waals surface area (Å²) in [5.74, 6) is -1.13. The van der Waals surface area contributed by atoms with Gasteiger partial charge in [-0.25, -0.2) is 4.79 Å². The Bertz CT molecular complexity index is 848. The molecular weight excluding hydrogens is 368 g/mol. The van der Waals surface area contributed by atoms with Gasteiger partial charge in [0.05, 0.1) is 10.7 Å². The Morgan fingerprint density at radius 3 is 2.52 bits per heavy atom. The topological polar surface area (TPSA) is 70.1 Å². The van der Waals surface area contributed by atoms with Crippen LogP contribution < -0.4 is 4.90 Å². The van der Waals surface area contributed by atoms with E-state index in [0.717, 1.165) is 11.3 Å². The van der Waals surface area contributed by atoms with Crippen molar-refractivity contribution in [2.75, 3.05) is 37.7 Å². The van der Waals surface area contributed by atoms with Crippen LogP contribution in [0.4, 0.5) is 5.69 Å². The summed E-state index contributed by atoms with van der Waals surface area (Å²) in [5.41, 5.74) is 1.83. The number of hydrogen-bond donors (Lipinski definition) is 1. The number of rotatable bonds is 4. The first-order chi connectivity index (χ1) is 13.0. The van der Waals surface area contributed by atoms with E-state index in [4.69, 9.17) is 16.3 Å². The lowest BCUT2D eigenvalue weighted by Gasteiger charge is -2.36. The van der Waals surface area contributed by atoms with Crippen molar-refractivity contribution in [3.63, 3.8) is 0 Å². The van der Waals surface area contributed by atoms with Crippen molar-refractivity contribution >= 4 is 29.2 Å². The molecule has 1 aliphatic heterocycles. The molecule has 2 aromatic carbocycles. The van der Waals surface area contributed by atoms with E-state index in [9.17, 15) is 14.7 Å². The van der Waals surface area contributed by atoms with Gasteiger partial charge in [-0.2, -0.15) is 0 Å². The van der Waals surface area contributed by atoms with Gasteiger partial charge in [-0.1, -0.05) is 35.4 Å². The molecule has 1 amide bonds. The molecule has 0 aromatic heterocycles. The standard InChI is InChI=1S/C20H21ClN2O4/c1-14-6-7-18(24)15(12-14)20(26)27-13-19(25)23-10-8-22(9-11-23)17-5-3-2-4-16(17)21/h2-7,12,24H,8-11,13H2,1H3. The number of halogens is 1. The fraction of sp³-hybridized carbons (Fsp3) is 0.300. The average molecular weight is 389 g/mol. The summed E-state index contributed by atoms with van der Waals surface area (Å²) >= 11 is 6.22. The lowest BCUT2D eigenvalue weighted by molar-refractivity contribution is -0.134. The summed E-state index contributed by atoms with van der Waals surface area (Å²) < 4.78 is 5.08. The number of hydrogen-bond acceptors (Lipinski definition) is 5. The fourth-order valence-corrected chi connectivity index (χ4v) is 3.27. The normalized spacial score (nSPS) is 14.1. The third-order valence-electron chi connectivity index (χ3n) is 4.52. The van der Waals surface area contributed by atoms with Gasteiger partial charge < -0.3 is 19.6 Å². The number of para-hydroxylation sites is 1. The van der Waals surface area contributed by atoms with Crippen molar-refractivity contribution in [3.05, 3.63) is 58.6 Å². The van der Waals surface area contributed by atoms with Crippen molar-refractivity contribution in [1.82, 2.24) is 4.90 Å². The maximum absolute atomic E-state index is 12.3. The minimum absolute atomic E-state index is 0.0614. The van der Waals surface area contributed by atoms with Crippen LogP contribution in [0, 0.1) is 6.92 Å². The van der Waals surface area contributed by atoms with Crippen molar-refractivity contribution in [2.24, 2.45) is 0 Å². The predicted molar refractivity (Wildman–Crippen MR) is 103 cm³/mol. The van der Waals surface area contributed by atoms with E-state index in [0.29, 0.717) is 31.2 Å². The van der Waals surface area contributed by atoms with E-state index in [1.165, 1.54) is 12.1 Å². The highest BCUT2D eigenvalue weighted by Gasteiger charge is 2.23. The number of carbonyl (C=O) groups excluding carboxylic acids is 2. The van der Waals surface area contributed by atoms with E-state index < -0.39 is 5.97 Å². The highest BCUT2D eigenvalue weighted by molar-refractivity contribution is 6.33. The van der Waals surface area contributed by atoms with E-state index in [-0.39, 0.29) is 23.8 Å². The van der Waals surface area contributed by atoms with Gasteiger partial charge in [-0.3, -0.25) is 4.79 Å². The van der Waals surface area contributed by atoms with Crippen molar-refractivity contribution < 1.29 is 19.4 Å². The van der Waals surface area contributed by atoms with Gasteiger partial charge in [0, 0.05) is 26.2 Å². The maximum atomic E-state index is 12.3. The number of phenols is 1. The first-order valence-electron chi connectivity index (χ1n) is 8.69. The summed E-state index contributed by atoms with van der Waals surface area (Å²) in [7, 11) is 0. The number of benzene rings is 2. The number of nitrogens with zero attached hydrogens (tertiary/aromatic N) is 2. The number of phenolic OH excluding ortho intramolecular Hbond substituents is 1. The fourth-order valence-electron chi connectivity index (χ4n) is 3.01. The Morgan fingerprint density at radius 1 is 1.11 bits per heavy atom. The van der Waals surface area contributed by atoms with Crippen LogP contribution in [0.25, 0.3) is 0 Å². The van der Waals surface area contributed by atoms with E-state index in [2.05, 4.69) is 4.90 Å². The molecule has 0 unspecified atom stereocenters. The van der Waals surface area contributed by atoms with Crippen LogP contribution in [0.5, 0.6) is 5.75 Å². The Balaban J connectivity index is 1.52. The van der Waals surface area contributed by atoms with Crippen LogP contribution in [0.3, 0.4) is 0 Å². The molecule has 142 valence electrons. The predicted octanol–water partition coefficient (Wildman–Crippen LogP) is 2.86. The van der Waals surface area contributed by atoms with Crippen LogP contribution in [0.1, 0.15) is 15.9 Å². The summed E-state index contributed by atoms with van der Waals surface area (Å²) in [4.78, 5) is 28.2. The van der Waals surface area contributed by atoms with Gasteiger partial charge >= 0.3 is 5.97 Å². The summed E-state index contributed by atoms with van der Waals surface area (Å²) in [6.07, 6.45) is 0. The number of esters is 1. The van der Waals surface area contributed by atoms with E-state index in [1.54, 1.807) is 17.9 Å². The second-order valence-corrected chi connectivity index (χ2v) is 6.82. The number of aromatic hydroxyl groups is 1. The van der Waals surface area contributed by atoms with Crippen LogP contribution in [-0.4, -0.2) is 54.7 Å². The molecule has 0 spiro atoms. The van der Waals surface area contributed by atoms with Gasteiger partial charge in [-0.15, -0.1) is 0 Å². The first kappa shape index (κ1) is 19.0. The Morgan fingerprint density at radius 2 is 1.81 bits per heavy atom. The molecule has 0 atom stereocenters. The molecule has 3 rings (SSSR count). The molecule has 1 aliphatic rings. The third kappa shape index (κ3) is 4.52. The lowest BCUT2D eigenvalue weighted by atomic mass is 10.1. The molecule has 2 aromatic rings. The van der Waals surface area contributed by atoms with Gasteiger partial charge in [-0.05, 0) is 31.2 Å². The van der Waals surface area contributed by atoms with Crippen LogP contribution in [0.15, 0.2) is 42.5 Å². The number of anilines is 1. The van der Waals surface area contributed by atoms with Crippen LogP contribution in [-0.2, 0) is 9.53 Å². The van der Waals surface area contributed by atoms with Crippen LogP contribution >= 0.6 is 11.6 Å². The zero-order valence-corrected chi connectivity index (χ0v) is 15.8. The Labute approximate surface area is 162 Å². The van der Waals surface area contributed by atoms with E-state index >= 15 is 0 Å². The number of ether oxygens (including phenoxy) is 1. The molecule has 0 aliphatic carbocycles. The Hall–Kier alpha value is -2.73. The molecule has 6 nitrogen and oxygen atoms in total. The van der Waals surface area contributed by atoms with Gasteiger partial charge in [0.1, 0.15) is 11.3 Å². The maximum Gasteiger partial charge on any atom is 0.342 e. The molecule has 0 bridgehead atoms. The first-order valence-corrected chi connectivity index (χ1v) is 9.07. The minimum Gasteiger partial charge on any atom is -0.507 e. The van der Waals surface area contributed by atoms with Crippen molar-refractivity contribution in [3.8, 4) is 5.75 Å². The molecule has 0 radical (unpaired) electrons. The second-order valence-electron chi connectivity index (χ2n) is 6.42. The average Bonchev–Trinajstić information content (AvgIpc) is 2.68. The molecule has 1 N–H and O–H groups in total. The highest BCUT2D eigenvalue weighted by atomic mass is 35.5. The molecular formula is C20H21ClN2O4. The molecule has 1 heterocycles. The zero-order valence-electron chi connectivity index (χ0n) is 15.0. The van der Waals surface area contributed by atoms with Crippen LogP contribution in [0.2, 0.25) is 5.02 Å². The third-order valence-corrected chi connectivity index (χ3v) is 4.84. The minimum atomic E-state index is -0.709. The number of aryl methyl sites for hydroxylation is 1. The largest absolute Gasteiger partial charge is 0.507 e. The molecule has 1 fully saturated rings. The van der Waals surface area contributed by atoms with Crippen molar-refractivity contribution in [2.45, 2.75) is 6.92 Å². The monoisotopic (exact) mass is 388 g/mol. The molecule has 7 heteroatoms. The summed E-state index contributed by atoms with van der Waals surface area (Å²) in [5, 5.41) is 10.5. The SMILES string of the molecule is Cc1ccc(O)c(C(=O)OCC(=O)N2CCN(c3ccccc3Cl)CC2)c1. The number of piperazine rings is 1. The van der Waals surface area contributed by atoms with E-state index in [1.807, 2.05) is 24.3 Å². The molecule has 0 saturated carbocycles. The van der Waals surface area contributed by atoms with Gasteiger partial charge in [0.25, 0.3) is 5.91 Å². The number of amides is 1. The highest BCUT2D eigenvalue weighted by Crippen LogP contribution is 2.26. The quantitative estimate of drug-likeness (QED) is 0.815. The smallest absolute Gasteiger partial charge is 0.342 e. The lowest BCUT2D eigenvalue weighted by Crippen LogP contribution is -2.50. The van der Waals surface area contributed by atoms with Gasteiger partial charge in [0.15, 0.2) is 6.61 Å². The van der Waals surface area contributed by atoms with Crippen molar-refractivity contribution in [1.29, 1.82) is 0 Å². The molecule has 27 heavy (non-hydrogen) atoms. The van der Waals surface area contributed by atoms with Gasteiger partial charge in [0.2, 0.25) is 0 Å². The Kier molecular flexibility index (Phi) is 5.86. The zero-order chi connectivity index (χ0) is 19.4. The summed E-state index contributed by atoms with van der Waals surface area (Å²) in [6, 6.07) is 12.3. The molecule has 1 saturated heterocycles. The summed E-state index contributed by atoms with van der Waals surface area (Å²) in [6.45, 7) is 3.82. The number of carbonyl (C=O) groups is 2.